The zero-order valence-corrected chi connectivity index (χ0v) is 10.5. The van der Waals surface area contributed by atoms with Gasteiger partial charge in [0, 0.05) is 29.3 Å². The molecule has 2 heterocycles. The number of rotatable bonds is 0. The Morgan fingerprint density at radius 2 is 2.12 bits per heavy atom. The summed E-state index contributed by atoms with van der Waals surface area (Å²) < 4.78 is 11.6. The summed E-state index contributed by atoms with van der Waals surface area (Å²) in [6, 6.07) is 6.03. The fraction of sp³-hybridized carbons (Fsp3) is 0.571. The van der Waals surface area contributed by atoms with Crippen molar-refractivity contribution < 1.29 is 9.47 Å². The quantitative estimate of drug-likeness (QED) is 0.700. The van der Waals surface area contributed by atoms with E-state index in [0.29, 0.717) is 0 Å². The lowest BCUT2D eigenvalue weighted by Crippen LogP contribution is -2.44. The van der Waals surface area contributed by atoms with Crippen LogP contribution in [-0.4, -0.2) is 18.8 Å². The Balaban J connectivity index is 2.02. The summed E-state index contributed by atoms with van der Waals surface area (Å²) in [6.45, 7) is 5.88. The number of hydrogen-bond acceptors (Lipinski definition) is 3. The Labute approximate surface area is 102 Å². The van der Waals surface area contributed by atoms with Gasteiger partial charge in [-0.1, -0.05) is 6.07 Å². The molecule has 2 aliphatic rings. The van der Waals surface area contributed by atoms with E-state index in [9.17, 15) is 0 Å². The predicted molar refractivity (Wildman–Crippen MR) is 67.3 cm³/mol. The van der Waals surface area contributed by atoms with Gasteiger partial charge in [-0.2, -0.15) is 0 Å². The Morgan fingerprint density at radius 3 is 2.88 bits per heavy atom. The van der Waals surface area contributed by atoms with Gasteiger partial charge in [0.1, 0.15) is 5.75 Å². The third-order valence-corrected chi connectivity index (χ3v) is 3.92. The van der Waals surface area contributed by atoms with Crippen LogP contribution in [0.5, 0.6) is 5.75 Å². The zero-order valence-electron chi connectivity index (χ0n) is 10.5. The SMILES string of the molecule is CC1(C)CC2(CCO1)COc1cc(N)ccc12. The topological polar surface area (TPSA) is 44.5 Å². The molecule has 0 saturated carbocycles. The van der Waals surface area contributed by atoms with Crippen LogP contribution in [-0.2, 0) is 10.2 Å². The van der Waals surface area contributed by atoms with Gasteiger partial charge in [-0.15, -0.1) is 0 Å². The summed E-state index contributed by atoms with van der Waals surface area (Å²) in [5.41, 5.74) is 7.94. The Hall–Kier alpha value is -1.22. The molecule has 17 heavy (non-hydrogen) atoms. The second-order valence-corrected chi connectivity index (χ2v) is 5.86. The van der Waals surface area contributed by atoms with E-state index in [2.05, 4.69) is 19.9 Å². The first-order valence-electron chi connectivity index (χ1n) is 6.18. The van der Waals surface area contributed by atoms with Crippen LogP contribution in [0.2, 0.25) is 0 Å². The molecule has 3 rings (SSSR count). The molecule has 3 nitrogen and oxygen atoms in total. The molecule has 0 radical (unpaired) electrons. The second-order valence-electron chi connectivity index (χ2n) is 5.86. The van der Waals surface area contributed by atoms with Crippen molar-refractivity contribution in [3.05, 3.63) is 23.8 Å². The predicted octanol–water partition coefficient (Wildman–Crippen LogP) is 2.49. The van der Waals surface area contributed by atoms with E-state index in [1.165, 1.54) is 5.56 Å². The molecule has 1 aromatic carbocycles. The van der Waals surface area contributed by atoms with Gasteiger partial charge in [0.25, 0.3) is 0 Å². The smallest absolute Gasteiger partial charge is 0.125 e. The maximum absolute atomic E-state index is 5.83. The number of ether oxygens (including phenoxy) is 2. The number of benzene rings is 1. The third-order valence-electron chi connectivity index (χ3n) is 3.92. The average molecular weight is 233 g/mol. The summed E-state index contributed by atoms with van der Waals surface area (Å²) in [4.78, 5) is 0. The van der Waals surface area contributed by atoms with E-state index in [1.807, 2.05) is 12.1 Å². The molecular formula is C14H19NO2. The van der Waals surface area contributed by atoms with E-state index in [4.69, 9.17) is 15.2 Å². The lowest BCUT2D eigenvalue weighted by atomic mass is 9.71. The van der Waals surface area contributed by atoms with Crippen molar-refractivity contribution >= 4 is 5.69 Å². The molecule has 0 bridgehead atoms. The standard InChI is InChI=1S/C14H19NO2/c1-13(2)8-14(5-6-17-13)9-16-12-7-10(15)3-4-11(12)14/h3-4,7H,5-6,8-9,15H2,1-2H3. The average Bonchev–Trinajstić information content (AvgIpc) is 2.55. The van der Waals surface area contributed by atoms with Gasteiger partial charge in [0.15, 0.2) is 0 Å². The summed E-state index contributed by atoms with van der Waals surface area (Å²) in [5, 5.41) is 0. The molecule has 0 amide bonds. The molecule has 0 aliphatic carbocycles. The van der Waals surface area contributed by atoms with E-state index >= 15 is 0 Å². The third kappa shape index (κ3) is 1.69. The van der Waals surface area contributed by atoms with Crippen LogP contribution in [0.3, 0.4) is 0 Å². The van der Waals surface area contributed by atoms with Crippen molar-refractivity contribution in [1.29, 1.82) is 0 Å². The number of hydrogen-bond donors (Lipinski definition) is 1. The van der Waals surface area contributed by atoms with Gasteiger partial charge in [-0.3, -0.25) is 0 Å². The Bertz CT molecular complexity index is 456. The summed E-state index contributed by atoms with van der Waals surface area (Å²) >= 11 is 0. The highest BCUT2D eigenvalue weighted by molar-refractivity contribution is 5.53. The minimum absolute atomic E-state index is 0.0649. The van der Waals surface area contributed by atoms with Crippen LogP contribution in [0, 0.1) is 0 Å². The van der Waals surface area contributed by atoms with Gasteiger partial charge in [0.05, 0.1) is 12.2 Å². The molecule has 1 unspecified atom stereocenters. The molecule has 2 aliphatic heterocycles. The number of nitrogens with two attached hydrogens (primary N) is 1. The number of nitrogen functional groups attached to an aromatic ring is 1. The molecule has 1 aromatic rings. The second kappa shape index (κ2) is 3.39. The van der Waals surface area contributed by atoms with Gasteiger partial charge in [-0.25, -0.2) is 0 Å². The fourth-order valence-electron chi connectivity index (χ4n) is 3.22. The van der Waals surface area contributed by atoms with E-state index in [1.54, 1.807) is 0 Å². The summed E-state index contributed by atoms with van der Waals surface area (Å²) in [6.07, 6.45) is 2.05. The first-order valence-corrected chi connectivity index (χ1v) is 6.18. The summed E-state index contributed by atoms with van der Waals surface area (Å²) in [5.74, 6) is 0.961. The van der Waals surface area contributed by atoms with Gasteiger partial charge < -0.3 is 15.2 Å². The van der Waals surface area contributed by atoms with Crippen molar-refractivity contribution in [2.75, 3.05) is 18.9 Å². The first-order chi connectivity index (χ1) is 8.01. The highest BCUT2D eigenvalue weighted by Gasteiger charge is 2.47. The fourth-order valence-corrected chi connectivity index (χ4v) is 3.22. The van der Waals surface area contributed by atoms with Crippen molar-refractivity contribution in [2.24, 2.45) is 0 Å². The van der Waals surface area contributed by atoms with Crippen molar-refractivity contribution in [3.63, 3.8) is 0 Å². The highest BCUT2D eigenvalue weighted by Crippen LogP contribution is 2.49. The van der Waals surface area contributed by atoms with Crippen LogP contribution in [0.1, 0.15) is 32.3 Å². The van der Waals surface area contributed by atoms with Gasteiger partial charge in [0.2, 0.25) is 0 Å². The molecule has 3 heteroatoms. The van der Waals surface area contributed by atoms with Crippen molar-refractivity contribution in [3.8, 4) is 5.75 Å². The zero-order chi connectivity index (χ0) is 12.1. The maximum atomic E-state index is 5.83. The largest absolute Gasteiger partial charge is 0.492 e. The van der Waals surface area contributed by atoms with Crippen molar-refractivity contribution in [2.45, 2.75) is 37.7 Å². The molecule has 1 fully saturated rings. The highest BCUT2D eigenvalue weighted by atomic mass is 16.5. The minimum atomic E-state index is -0.0649. The van der Waals surface area contributed by atoms with Crippen LogP contribution in [0.25, 0.3) is 0 Å². The molecule has 0 aromatic heterocycles. The molecule has 1 atom stereocenters. The molecular weight excluding hydrogens is 214 g/mol. The van der Waals surface area contributed by atoms with E-state index < -0.39 is 0 Å². The van der Waals surface area contributed by atoms with Crippen LogP contribution >= 0.6 is 0 Å². The molecule has 2 N–H and O–H groups in total. The van der Waals surface area contributed by atoms with Gasteiger partial charge >= 0.3 is 0 Å². The Morgan fingerprint density at radius 1 is 1.29 bits per heavy atom. The molecule has 1 spiro atoms. The van der Waals surface area contributed by atoms with E-state index in [0.717, 1.165) is 37.5 Å². The summed E-state index contributed by atoms with van der Waals surface area (Å²) in [7, 11) is 0. The normalized spacial score (nSPS) is 30.0. The van der Waals surface area contributed by atoms with Crippen LogP contribution in [0.4, 0.5) is 5.69 Å². The van der Waals surface area contributed by atoms with Gasteiger partial charge in [-0.05, 0) is 32.8 Å². The maximum Gasteiger partial charge on any atom is 0.125 e. The molecule has 92 valence electrons. The number of fused-ring (bicyclic) bond motifs is 2. The van der Waals surface area contributed by atoms with E-state index in [-0.39, 0.29) is 11.0 Å². The van der Waals surface area contributed by atoms with Crippen LogP contribution < -0.4 is 10.5 Å². The lowest BCUT2D eigenvalue weighted by molar-refractivity contribution is -0.0849. The van der Waals surface area contributed by atoms with Crippen molar-refractivity contribution in [1.82, 2.24) is 0 Å². The Kier molecular flexibility index (Phi) is 2.17. The minimum Gasteiger partial charge on any atom is -0.492 e. The first kappa shape index (κ1) is 10.9. The lowest BCUT2D eigenvalue weighted by Gasteiger charge is -2.41. The van der Waals surface area contributed by atoms with Crippen LogP contribution in [0.15, 0.2) is 18.2 Å². The number of anilines is 1. The molecule has 1 saturated heterocycles. The monoisotopic (exact) mass is 233 g/mol.